The van der Waals surface area contributed by atoms with Crippen molar-refractivity contribution in [3.05, 3.63) is 30.2 Å². The topological polar surface area (TPSA) is 88.8 Å². The van der Waals surface area contributed by atoms with Gasteiger partial charge in [-0.2, -0.15) is 0 Å². The maximum Gasteiger partial charge on any atom is 0.253 e. The van der Waals surface area contributed by atoms with Gasteiger partial charge in [-0.3, -0.25) is 14.0 Å². The van der Waals surface area contributed by atoms with E-state index in [0.717, 1.165) is 0 Å². The minimum Gasteiger partial charge on any atom is -0.378 e. The van der Waals surface area contributed by atoms with Crippen molar-refractivity contribution in [2.75, 3.05) is 26.3 Å². The standard InChI is InChI=1S/C15H19N5O3/c1-2-12(15(22)19-5-7-23-8-6-19)17-14(21)11-3-4-13-18-16-10-20(13)9-11/h3-4,9-10,12H,2,5-8H2,1H3,(H,17,21). The Morgan fingerprint density at radius 2 is 2.13 bits per heavy atom. The molecule has 23 heavy (non-hydrogen) atoms. The number of hydrogen-bond acceptors (Lipinski definition) is 5. The molecule has 0 spiro atoms. The lowest BCUT2D eigenvalue weighted by molar-refractivity contribution is -0.137. The molecule has 2 aromatic rings. The number of fused-ring (bicyclic) bond motifs is 1. The Morgan fingerprint density at radius 1 is 1.35 bits per heavy atom. The summed E-state index contributed by atoms with van der Waals surface area (Å²) in [6.45, 7) is 4.10. The van der Waals surface area contributed by atoms with Gasteiger partial charge in [0.2, 0.25) is 5.91 Å². The second-order valence-corrected chi connectivity index (χ2v) is 5.39. The van der Waals surface area contributed by atoms with Crippen LogP contribution in [-0.4, -0.2) is 63.7 Å². The summed E-state index contributed by atoms with van der Waals surface area (Å²) in [7, 11) is 0. The molecule has 2 aromatic heterocycles. The van der Waals surface area contributed by atoms with Crippen LogP contribution in [0.1, 0.15) is 23.7 Å². The molecule has 0 aromatic carbocycles. The van der Waals surface area contributed by atoms with Crippen LogP contribution in [0.15, 0.2) is 24.7 Å². The summed E-state index contributed by atoms with van der Waals surface area (Å²) < 4.78 is 6.92. The number of carbonyl (C=O) groups is 2. The lowest BCUT2D eigenvalue weighted by atomic mass is 10.1. The predicted octanol–water partition coefficient (Wildman–Crippen LogP) is 0.0965. The van der Waals surface area contributed by atoms with Gasteiger partial charge in [-0.1, -0.05) is 6.92 Å². The van der Waals surface area contributed by atoms with Gasteiger partial charge in [-0.15, -0.1) is 10.2 Å². The van der Waals surface area contributed by atoms with Crippen molar-refractivity contribution >= 4 is 17.5 Å². The fourth-order valence-electron chi connectivity index (χ4n) is 2.55. The zero-order valence-electron chi connectivity index (χ0n) is 12.9. The molecule has 122 valence electrons. The summed E-state index contributed by atoms with van der Waals surface area (Å²) in [6, 6.07) is 2.86. The first-order valence-corrected chi connectivity index (χ1v) is 7.66. The van der Waals surface area contributed by atoms with Crippen LogP contribution in [0.4, 0.5) is 0 Å². The molecule has 1 unspecified atom stereocenters. The summed E-state index contributed by atoms with van der Waals surface area (Å²) >= 11 is 0. The second kappa shape index (κ2) is 6.74. The van der Waals surface area contributed by atoms with Gasteiger partial charge in [0.05, 0.1) is 18.8 Å². The Kier molecular flexibility index (Phi) is 4.52. The van der Waals surface area contributed by atoms with Crippen LogP contribution in [0.2, 0.25) is 0 Å². The normalized spacial score (nSPS) is 16.3. The van der Waals surface area contributed by atoms with Gasteiger partial charge < -0.3 is 15.0 Å². The fraction of sp³-hybridized carbons (Fsp3) is 0.467. The fourth-order valence-corrected chi connectivity index (χ4v) is 2.55. The molecule has 1 saturated heterocycles. The van der Waals surface area contributed by atoms with Gasteiger partial charge in [0.15, 0.2) is 5.65 Å². The number of morpholine rings is 1. The molecule has 1 aliphatic heterocycles. The lowest BCUT2D eigenvalue weighted by Crippen LogP contribution is -2.51. The first-order valence-electron chi connectivity index (χ1n) is 7.66. The van der Waals surface area contributed by atoms with Crippen LogP contribution in [0.3, 0.4) is 0 Å². The van der Waals surface area contributed by atoms with Crippen molar-refractivity contribution in [2.24, 2.45) is 0 Å². The zero-order valence-corrected chi connectivity index (χ0v) is 12.9. The van der Waals surface area contributed by atoms with E-state index in [1.807, 2.05) is 6.92 Å². The van der Waals surface area contributed by atoms with E-state index in [9.17, 15) is 9.59 Å². The summed E-state index contributed by atoms with van der Waals surface area (Å²) in [5.74, 6) is -0.344. The predicted molar refractivity (Wildman–Crippen MR) is 81.9 cm³/mol. The SMILES string of the molecule is CCC(NC(=O)c1ccc2nncn2c1)C(=O)N1CCOCC1. The highest BCUT2D eigenvalue weighted by molar-refractivity contribution is 5.97. The van der Waals surface area contributed by atoms with E-state index in [4.69, 9.17) is 4.74 Å². The van der Waals surface area contributed by atoms with Crippen molar-refractivity contribution in [1.29, 1.82) is 0 Å². The van der Waals surface area contributed by atoms with Crippen LogP contribution in [0, 0.1) is 0 Å². The molecule has 0 aliphatic carbocycles. The van der Waals surface area contributed by atoms with Gasteiger partial charge in [0.1, 0.15) is 12.4 Å². The third-order valence-corrected chi connectivity index (χ3v) is 3.89. The van der Waals surface area contributed by atoms with E-state index in [-0.39, 0.29) is 11.8 Å². The minimum atomic E-state index is -0.530. The van der Waals surface area contributed by atoms with E-state index < -0.39 is 6.04 Å². The van der Waals surface area contributed by atoms with E-state index in [1.54, 1.807) is 27.6 Å². The molecule has 1 fully saturated rings. The third kappa shape index (κ3) is 3.31. The van der Waals surface area contributed by atoms with Crippen molar-refractivity contribution in [2.45, 2.75) is 19.4 Å². The average Bonchev–Trinajstić information content (AvgIpc) is 3.07. The molecule has 8 heteroatoms. The quantitative estimate of drug-likeness (QED) is 0.864. The number of rotatable bonds is 4. The van der Waals surface area contributed by atoms with Gasteiger partial charge in [-0.25, -0.2) is 0 Å². The summed E-state index contributed by atoms with van der Waals surface area (Å²) in [4.78, 5) is 26.6. The second-order valence-electron chi connectivity index (χ2n) is 5.39. The monoisotopic (exact) mass is 317 g/mol. The van der Waals surface area contributed by atoms with Gasteiger partial charge >= 0.3 is 0 Å². The number of aromatic nitrogens is 3. The van der Waals surface area contributed by atoms with E-state index >= 15 is 0 Å². The molecule has 1 aliphatic rings. The summed E-state index contributed by atoms with van der Waals surface area (Å²) in [5.41, 5.74) is 1.13. The molecule has 3 heterocycles. The highest BCUT2D eigenvalue weighted by Crippen LogP contribution is 2.07. The first kappa shape index (κ1) is 15.4. The van der Waals surface area contributed by atoms with E-state index in [2.05, 4.69) is 15.5 Å². The maximum atomic E-state index is 12.5. The average molecular weight is 317 g/mol. The number of pyridine rings is 1. The van der Waals surface area contributed by atoms with Crippen molar-refractivity contribution in [1.82, 2.24) is 24.8 Å². The Bertz CT molecular complexity index is 708. The van der Waals surface area contributed by atoms with Crippen molar-refractivity contribution in [3.63, 3.8) is 0 Å². The highest BCUT2D eigenvalue weighted by Gasteiger charge is 2.26. The molecule has 0 saturated carbocycles. The summed E-state index contributed by atoms with van der Waals surface area (Å²) in [6.07, 6.45) is 3.72. The van der Waals surface area contributed by atoms with Crippen LogP contribution >= 0.6 is 0 Å². The number of ether oxygens (including phenoxy) is 1. The highest BCUT2D eigenvalue weighted by atomic mass is 16.5. The van der Waals surface area contributed by atoms with E-state index in [0.29, 0.717) is 43.9 Å². The van der Waals surface area contributed by atoms with Gasteiger partial charge in [-0.05, 0) is 18.6 Å². The molecule has 8 nitrogen and oxygen atoms in total. The molecule has 0 radical (unpaired) electrons. The molecular formula is C15H19N5O3. The summed E-state index contributed by atoms with van der Waals surface area (Å²) in [5, 5.41) is 10.5. The van der Waals surface area contributed by atoms with Gasteiger partial charge in [0, 0.05) is 19.3 Å². The van der Waals surface area contributed by atoms with Crippen LogP contribution in [0.25, 0.3) is 5.65 Å². The largest absolute Gasteiger partial charge is 0.378 e. The molecular weight excluding hydrogens is 298 g/mol. The van der Waals surface area contributed by atoms with Crippen LogP contribution in [-0.2, 0) is 9.53 Å². The number of hydrogen-bond donors (Lipinski definition) is 1. The third-order valence-electron chi connectivity index (χ3n) is 3.89. The number of nitrogens with zero attached hydrogens (tertiary/aromatic N) is 4. The van der Waals surface area contributed by atoms with Gasteiger partial charge in [0.25, 0.3) is 5.91 Å². The Balaban J connectivity index is 1.69. The van der Waals surface area contributed by atoms with Crippen molar-refractivity contribution in [3.8, 4) is 0 Å². The Hall–Kier alpha value is -2.48. The minimum absolute atomic E-state index is 0.0606. The maximum absolute atomic E-state index is 12.5. The first-order chi connectivity index (χ1) is 11.2. The molecule has 1 atom stereocenters. The smallest absolute Gasteiger partial charge is 0.253 e. The Morgan fingerprint density at radius 3 is 2.87 bits per heavy atom. The van der Waals surface area contributed by atoms with E-state index in [1.165, 1.54) is 6.33 Å². The number of amides is 2. The van der Waals surface area contributed by atoms with Crippen molar-refractivity contribution < 1.29 is 14.3 Å². The lowest BCUT2D eigenvalue weighted by Gasteiger charge is -2.30. The number of nitrogens with one attached hydrogen (secondary N) is 1. The van der Waals surface area contributed by atoms with Crippen LogP contribution in [0.5, 0.6) is 0 Å². The molecule has 0 bridgehead atoms. The zero-order chi connectivity index (χ0) is 16.2. The molecule has 2 amide bonds. The molecule has 3 rings (SSSR count). The molecule has 1 N–H and O–H groups in total. The Labute approximate surface area is 133 Å². The number of carbonyl (C=O) groups excluding carboxylic acids is 2. The van der Waals surface area contributed by atoms with Crippen LogP contribution < -0.4 is 5.32 Å².